The summed E-state index contributed by atoms with van der Waals surface area (Å²) in [4.78, 5) is 7.37. The Labute approximate surface area is 96.9 Å². The highest BCUT2D eigenvalue weighted by Crippen LogP contribution is 2.29. The normalized spacial score (nSPS) is 10.5. The van der Waals surface area contributed by atoms with Crippen LogP contribution in [-0.4, -0.2) is 9.97 Å². The Bertz CT molecular complexity index is 476. The minimum Gasteiger partial charge on any atom is -0.369 e. The molecule has 2 aromatic rings. The zero-order chi connectivity index (χ0) is 10.8. The van der Waals surface area contributed by atoms with E-state index in [0.29, 0.717) is 5.95 Å². The molecule has 0 radical (unpaired) electrons. The fourth-order valence-electron chi connectivity index (χ4n) is 1.56. The van der Waals surface area contributed by atoms with Gasteiger partial charge in [-0.3, -0.25) is 0 Å². The number of nitrogen functional groups attached to an aromatic ring is 1. The largest absolute Gasteiger partial charge is 0.369 e. The zero-order valence-corrected chi connectivity index (χ0v) is 10.0. The van der Waals surface area contributed by atoms with Crippen molar-refractivity contribution in [1.29, 1.82) is 0 Å². The molecule has 0 fully saturated rings. The minimum atomic E-state index is 0.470. The van der Waals surface area contributed by atoms with Crippen molar-refractivity contribution in [2.24, 2.45) is 0 Å². The van der Waals surface area contributed by atoms with Gasteiger partial charge in [0.15, 0.2) is 5.95 Å². The van der Waals surface area contributed by atoms with Crippen molar-refractivity contribution >= 4 is 21.9 Å². The maximum absolute atomic E-state index is 5.66. The van der Waals surface area contributed by atoms with Gasteiger partial charge in [-0.15, -0.1) is 0 Å². The maximum atomic E-state index is 5.66. The van der Waals surface area contributed by atoms with Crippen molar-refractivity contribution in [3.63, 3.8) is 0 Å². The summed E-state index contributed by atoms with van der Waals surface area (Å²) in [6.07, 6.45) is 0.890. The van der Waals surface area contributed by atoms with Gasteiger partial charge in [-0.05, 0) is 12.5 Å². The molecule has 0 atom stereocenters. The molecule has 0 amide bonds. The van der Waals surface area contributed by atoms with E-state index in [4.69, 9.17) is 5.73 Å². The van der Waals surface area contributed by atoms with Crippen LogP contribution in [0.15, 0.2) is 28.7 Å². The second-order valence-electron chi connectivity index (χ2n) is 3.28. The standard InChI is InChI=1S/C11H12BrN3/c1-2-9-10(15-11(13)14-9)7-5-3-4-6-8(7)12/h3-6H,2H2,1H3,(H3,13,14,15). The molecule has 0 aliphatic carbocycles. The fraction of sp³-hybridized carbons (Fsp3) is 0.182. The monoisotopic (exact) mass is 265 g/mol. The number of nitrogens with one attached hydrogen (secondary N) is 1. The first kappa shape index (κ1) is 10.2. The Hall–Kier alpha value is -1.29. The number of aryl methyl sites for hydroxylation is 1. The number of rotatable bonds is 2. The molecule has 0 aliphatic heterocycles. The average molecular weight is 266 g/mol. The predicted octanol–water partition coefficient (Wildman–Crippen LogP) is 2.98. The summed E-state index contributed by atoms with van der Waals surface area (Å²) in [7, 11) is 0. The molecule has 15 heavy (non-hydrogen) atoms. The summed E-state index contributed by atoms with van der Waals surface area (Å²) in [6, 6.07) is 8.00. The number of aromatic amines is 1. The molecule has 3 N–H and O–H groups in total. The van der Waals surface area contributed by atoms with Gasteiger partial charge in [-0.1, -0.05) is 41.1 Å². The molecule has 0 bridgehead atoms. The van der Waals surface area contributed by atoms with Crippen molar-refractivity contribution in [1.82, 2.24) is 9.97 Å². The molecule has 1 heterocycles. The predicted molar refractivity (Wildman–Crippen MR) is 65.5 cm³/mol. The first-order valence-electron chi connectivity index (χ1n) is 4.81. The van der Waals surface area contributed by atoms with E-state index in [1.54, 1.807) is 0 Å². The summed E-state index contributed by atoms with van der Waals surface area (Å²) < 4.78 is 1.03. The Balaban J connectivity index is 2.58. The number of nitrogens with zero attached hydrogens (tertiary/aromatic N) is 1. The number of aromatic nitrogens is 2. The molecular formula is C11H12BrN3. The number of imidazole rings is 1. The molecule has 1 aromatic carbocycles. The number of H-pyrrole nitrogens is 1. The van der Waals surface area contributed by atoms with Crippen LogP contribution in [0.2, 0.25) is 0 Å². The number of hydrogen-bond donors (Lipinski definition) is 2. The van der Waals surface area contributed by atoms with Crippen LogP contribution >= 0.6 is 15.9 Å². The molecule has 0 saturated carbocycles. The van der Waals surface area contributed by atoms with E-state index in [9.17, 15) is 0 Å². The van der Waals surface area contributed by atoms with Gasteiger partial charge in [0.05, 0.1) is 5.69 Å². The molecule has 3 nitrogen and oxygen atoms in total. The van der Waals surface area contributed by atoms with Crippen molar-refractivity contribution in [2.75, 3.05) is 5.73 Å². The van der Waals surface area contributed by atoms with Gasteiger partial charge >= 0.3 is 0 Å². The van der Waals surface area contributed by atoms with Crippen molar-refractivity contribution in [2.45, 2.75) is 13.3 Å². The SMILES string of the molecule is CCc1[nH]c(N)nc1-c1ccccc1Br. The van der Waals surface area contributed by atoms with E-state index in [2.05, 4.69) is 32.8 Å². The molecule has 78 valence electrons. The Morgan fingerprint density at radius 1 is 1.40 bits per heavy atom. The van der Waals surface area contributed by atoms with Crippen LogP contribution in [0.4, 0.5) is 5.95 Å². The summed E-state index contributed by atoms with van der Waals surface area (Å²) in [5, 5.41) is 0. The molecular weight excluding hydrogens is 254 g/mol. The molecule has 0 aliphatic rings. The third kappa shape index (κ3) is 1.90. The highest BCUT2D eigenvalue weighted by Gasteiger charge is 2.11. The van der Waals surface area contributed by atoms with Crippen molar-refractivity contribution in [3.05, 3.63) is 34.4 Å². The van der Waals surface area contributed by atoms with Gasteiger partial charge < -0.3 is 10.7 Å². The first-order chi connectivity index (χ1) is 7.22. The van der Waals surface area contributed by atoms with E-state index >= 15 is 0 Å². The minimum absolute atomic E-state index is 0.470. The number of hydrogen-bond acceptors (Lipinski definition) is 2. The van der Waals surface area contributed by atoms with Crippen LogP contribution in [0.3, 0.4) is 0 Å². The number of halogens is 1. The highest BCUT2D eigenvalue weighted by atomic mass is 79.9. The van der Waals surface area contributed by atoms with Gasteiger partial charge in [-0.2, -0.15) is 0 Å². The Kier molecular flexibility index (Phi) is 2.77. The number of nitrogens with two attached hydrogens (primary N) is 1. The number of anilines is 1. The van der Waals surface area contributed by atoms with Gasteiger partial charge in [0, 0.05) is 15.7 Å². The topological polar surface area (TPSA) is 54.7 Å². The van der Waals surface area contributed by atoms with Gasteiger partial charge in [0.25, 0.3) is 0 Å². The lowest BCUT2D eigenvalue weighted by atomic mass is 10.1. The van der Waals surface area contributed by atoms with E-state index in [1.807, 2.05) is 24.3 Å². The van der Waals surface area contributed by atoms with E-state index in [1.165, 1.54) is 0 Å². The molecule has 0 saturated heterocycles. The summed E-state index contributed by atoms with van der Waals surface area (Å²) in [5.41, 5.74) is 8.73. The summed E-state index contributed by atoms with van der Waals surface area (Å²) in [5.74, 6) is 0.470. The lowest BCUT2D eigenvalue weighted by Crippen LogP contribution is -1.86. The average Bonchev–Trinajstić information content (AvgIpc) is 2.60. The molecule has 0 spiro atoms. The van der Waals surface area contributed by atoms with E-state index in [-0.39, 0.29) is 0 Å². The second kappa shape index (κ2) is 4.06. The third-order valence-corrected chi connectivity index (χ3v) is 2.97. The van der Waals surface area contributed by atoms with E-state index < -0.39 is 0 Å². The van der Waals surface area contributed by atoms with Crippen LogP contribution in [-0.2, 0) is 6.42 Å². The Morgan fingerprint density at radius 2 is 2.13 bits per heavy atom. The second-order valence-corrected chi connectivity index (χ2v) is 4.14. The lowest BCUT2D eigenvalue weighted by Gasteiger charge is -2.02. The Morgan fingerprint density at radius 3 is 2.80 bits per heavy atom. The molecule has 1 aromatic heterocycles. The first-order valence-corrected chi connectivity index (χ1v) is 5.61. The highest BCUT2D eigenvalue weighted by molar-refractivity contribution is 9.10. The lowest BCUT2D eigenvalue weighted by molar-refractivity contribution is 1.07. The molecule has 0 unspecified atom stereocenters. The van der Waals surface area contributed by atoms with Crippen molar-refractivity contribution < 1.29 is 0 Å². The molecule has 4 heteroatoms. The number of benzene rings is 1. The smallest absolute Gasteiger partial charge is 0.198 e. The van der Waals surface area contributed by atoms with Crippen LogP contribution in [0.25, 0.3) is 11.3 Å². The third-order valence-electron chi connectivity index (χ3n) is 2.28. The fourth-order valence-corrected chi connectivity index (χ4v) is 2.03. The van der Waals surface area contributed by atoms with Crippen LogP contribution in [0.1, 0.15) is 12.6 Å². The van der Waals surface area contributed by atoms with Crippen LogP contribution in [0, 0.1) is 0 Å². The maximum Gasteiger partial charge on any atom is 0.198 e. The van der Waals surface area contributed by atoms with E-state index in [0.717, 1.165) is 27.8 Å². The zero-order valence-electron chi connectivity index (χ0n) is 8.42. The van der Waals surface area contributed by atoms with Crippen molar-refractivity contribution in [3.8, 4) is 11.3 Å². The molecule has 2 rings (SSSR count). The quantitative estimate of drug-likeness (QED) is 0.877. The van der Waals surface area contributed by atoms with Crippen LogP contribution < -0.4 is 5.73 Å². The summed E-state index contributed by atoms with van der Waals surface area (Å²) >= 11 is 3.51. The van der Waals surface area contributed by atoms with Gasteiger partial charge in [0.2, 0.25) is 0 Å². The van der Waals surface area contributed by atoms with Gasteiger partial charge in [-0.25, -0.2) is 4.98 Å². The summed E-state index contributed by atoms with van der Waals surface area (Å²) in [6.45, 7) is 2.08. The van der Waals surface area contributed by atoms with Gasteiger partial charge in [0.1, 0.15) is 0 Å². The van der Waals surface area contributed by atoms with Crippen LogP contribution in [0.5, 0.6) is 0 Å².